The van der Waals surface area contributed by atoms with Gasteiger partial charge in [-0.3, -0.25) is 0 Å². The van der Waals surface area contributed by atoms with Crippen LogP contribution in [0, 0.1) is 0 Å². The van der Waals surface area contributed by atoms with Crippen LogP contribution in [0.15, 0.2) is 485 Å². The molecule has 0 saturated carbocycles. The van der Waals surface area contributed by atoms with Gasteiger partial charge in [-0.25, -0.2) is 4.98 Å². The molecule has 0 N–H and O–H groups in total. The SMILES string of the molecule is [SeH]c1c(-c2ccccc2)cccc1-c1nc(-c2ccc3c(ccc4ccccc43)c2)nc(-c2ccc3c(ccc4ccccc43)c2)n1.c1ccc(-c2nc(-c3ccc4ccccc4c3)nc(-c3ccc(-c4cccc5c4[se]c4c(-c6ccccc6)cccc45)c4ccccc34)n2)cc1.c1ccc(-c2nc(-c3ccccc3)nc(-c3ccc4c(ccc5cc(-c6cccc7c6[se]c6ccccc67)ccc54)c3)n2)cc1. The molecule has 9 nitrogen and oxygen atoms in total. The second kappa shape index (κ2) is 37.1. The summed E-state index contributed by atoms with van der Waals surface area (Å²) in [5, 5.41) is 24.7. The van der Waals surface area contributed by atoms with Crippen molar-refractivity contribution in [2.75, 3.05) is 0 Å². The fraction of sp³-hybridized carbons (Fsp3) is 0. The van der Waals surface area contributed by atoms with Gasteiger partial charge in [0.05, 0.1) is 0 Å². The number of hydrogen-bond donors (Lipinski definition) is 0. The second-order valence-electron chi connectivity index (χ2n) is 35.8. The van der Waals surface area contributed by atoms with Crippen LogP contribution in [0.5, 0.6) is 0 Å². The van der Waals surface area contributed by atoms with Crippen LogP contribution in [-0.2, 0) is 0 Å². The van der Waals surface area contributed by atoms with Gasteiger partial charge in [-0.15, -0.1) is 0 Å². The van der Waals surface area contributed by atoms with Crippen LogP contribution in [0.3, 0.4) is 0 Å². The van der Waals surface area contributed by atoms with Gasteiger partial charge in [0.15, 0.2) is 11.6 Å². The first-order valence-electron chi connectivity index (χ1n) is 47.8. The zero-order valence-corrected chi connectivity index (χ0v) is 82.3. The third-order valence-electron chi connectivity index (χ3n) is 27.3. The Morgan fingerprint density at radius 3 is 0.888 bits per heavy atom. The topological polar surface area (TPSA) is 116 Å². The number of aromatic nitrogens is 9. The van der Waals surface area contributed by atoms with Gasteiger partial charge in [-0.05, 0) is 5.39 Å². The van der Waals surface area contributed by atoms with Crippen LogP contribution in [0.25, 0.3) is 272 Å². The van der Waals surface area contributed by atoms with Crippen LogP contribution in [0.4, 0.5) is 0 Å². The molecule has 0 aliphatic heterocycles. The summed E-state index contributed by atoms with van der Waals surface area (Å²) in [5.74, 6) is 5.94. The average molecular weight is 2020 g/mol. The van der Waals surface area contributed by atoms with E-state index in [4.69, 9.17) is 44.9 Å². The molecule has 0 radical (unpaired) electrons. The van der Waals surface area contributed by atoms with Gasteiger partial charge in [-0.2, -0.15) is 0 Å². The fourth-order valence-corrected chi connectivity index (χ4v) is 26.5. The van der Waals surface area contributed by atoms with Gasteiger partial charge < -0.3 is 0 Å². The Bertz CT molecular complexity index is 9690. The van der Waals surface area contributed by atoms with Crippen molar-refractivity contribution in [3.05, 3.63) is 485 Å². The molecule has 0 aliphatic carbocycles. The molecule has 0 spiro atoms. The molecule has 0 atom stereocenters. The number of benzene rings is 23. The van der Waals surface area contributed by atoms with E-state index in [9.17, 15) is 0 Å². The van der Waals surface area contributed by atoms with E-state index in [1.807, 2.05) is 84.9 Å². The molecular weight excluding hydrogens is 1940 g/mol. The molecule has 23 aromatic carbocycles. The summed E-state index contributed by atoms with van der Waals surface area (Å²) in [4.78, 5) is 45.4. The Balaban J connectivity index is 0.000000110. The Hall–Kier alpha value is -17.3. The van der Waals surface area contributed by atoms with Gasteiger partial charge in [0.25, 0.3) is 0 Å². The fourth-order valence-electron chi connectivity index (χ4n) is 20.2. The molecule has 5 heterocycles. The number of nitrogens with zero attached hydrogens (tertiary/aromatic N) is 9. The Labute approximate surface area is 844 Å². The molecule has 0 amide bonds. The monoisotopic (exact) mass is 2020 g/mol. The summed E-state index contributed by atoms with van der Waals surface area (Å²) in [7, 11) is 0. The van der Waals surface area contributed by atoms with E-state index in [1.165, 1.54) is 131 Å². The molecule has 0 fully saturated rings. The van der Waals surface area contributed by atoms with Gasteiger partial charge in [0, 0.05) is 11.1 Å². The predicted octanol–water partition coefficient (Wildman–Crippen LogP) is 31.8. The maximum absolute atomic E-state index is 5.16. The molecule has 143 heavy (non-hydrogen) atoms. The normalized spacial score (nSPS) is 11.5. The van der Waals surface area contributed by atoms with Crippen LogP contribution >= 0.6 is 0 Å². The summed E-state index contributed by atoms with van der Waals surface area (Å²) >= 11 is 3.21. The van der Waals surface area contributed by atoms with Crippen LogP contribution in [-0.4, -0.2) is 89.9 Å². The van der Waals surface area contributed by atoms with E-state index in [0.29, 0.717) is 66.9 Å². The van der Waals surface area contributed by atoms with E-state index in [1.54, 1.807) is 0 Å². The zero-order chi connectivity index (χ0) is 94.8. The molecule has 28 aromatic rings. The van der Waals surface area contributed by atoms with E-state index in [2.05, 4.69) is 416 Å². The molecule has 0 bridgehead atoms. The first kappa shape index (κ1) is 86.1. The van der Waals surface area contributed by atoms with Gasteiger partial charge in [0.1, 0.15) is 0 Å². The minimum Gasteiger partial charge on any atom is -0.0615 e. The average Bonchev–Trinajstić information content (AvgIpc) is 1.62. The van der Waals surface area contributed by atoms with Crippen molar-refractivity contribution in [1.82, 2.24) is 44.9 Å². The van der Waals surface area contributed by atoms with E-state index in [-0.39, 0.29) is 14.5 Å². The Kier molecular flexibility index (Phi) is 22.4. The van der Waals surface area contributed by atoms with Gasteiger partial charge in [0.2, 0.25) is 0 Å². The number of hydrogen-bond acceptors (Lipinski definition) is 9. The van der Waals surface area contributed by atoms with Crippen molar-refractivity contribution in [1.29, 1.82) is 0 Å². The van der Waals surface area contributed by atoms with E-state index in [0.717, 1.165) is 92.6 Å². The first-order valence-corrected chi connectivity index (χ1v) is 52.2. The summed E-state index contributed by atoms with van der Waals surface area (Å²) in [6, 6.07) is 172. The first-order chi connectivity index (χ1) is 70.8. The van der Waals surface area contributed by atoms with Crippen LogP contribution < -0.4 is 4.46 Å². The quantitative estimate of drug-likeness (QED) is 0.0822. The molecule has 28 rings (SSSR count). The van der Waals surface area contributed by atoms with Crippen molar-refractivity contribution in [2.45, 2.75) is 0 Å². The zero-order valence-electron chi connectivity index (χ0n) is 77.0. The molecule has 5 aromatic heterocycles. The Morgan fingerprint density at radius 2 is 0.406 bits per heavy atom. The van der Waals surface area contributed by atoms with E-state index < -0.39 is 0 Å². The molecule has 0 unspecified atom stereocenters. The molecular formula is C131H81N9Se3. The summed E-state index contributed by atoms with van der Waals surface area (Å²) in [6.07, 6.45) is 0. The molecule has 668 valence electrons. The van der Waals surface area contributed by atoms with Crippen molar-refractivity contribution in [2.24, 2.45) is 0 Å². The van der Waals surface area contributed by atoms with Gasteiger partial charge >= 0.3 is 715 Å². The van der Waals surface area contributed by atoms with E-state index >= 15 is 0 Å². The number of fused-ring (bicyclic) bond motifs is 17. The van der Waals surface area contributed by atoms with Crippen LogP contribution in [0.2, 0.25) is 0 Å². The second-order valence-corrected chi connectivity index (χ2v) is 41.1. The molecule has 0 saturated heterocycles. The standard InChI is InChI=1S/C47H29N3Se.C43H27N3Se.C41H25N3Se/c1-3-14-31(15-4-1)35-21-11-23-40-41-24-12-22-39(44(41)51-43(35)40)38-27-28-42(37-20-10-9-19-36(37)38)47-49-45(32-16-5-2-6-17-32)48-46(50-47)34-26-25-30-13-7-8-18-33(30)29-34;47-40-38(27-9-2-1-3-10-27)15-8-16-39(40)43-45-41(32-21-23-36-30(25-32)19-17-28-11-4-6-13-34(28)36)44-42(46-43)33-22-24-37-31(26-33)20-18-29-12-5-7-14-35(29)37;1-3-10-26(11-4-1)39-42-40(27-12-5-2-6-13-27)44-41(43-39)31-21-23-33-29(25-31)19-18-28-24-30(20-22-32(28)33)34-15-9-16-36-35-14-7-8-17-37(35)45-38(34)36/h1-29H;1-26,47H;1-25H. The Morgan fingerprint density at radius 1 is 0.133 bits per heavy atom. The third-order valence-corrected chi connectivity index (χ3v) is 33.5. The minimum atomic E-state index is 0.154. The summed E-state index contributed by atoms with van der Waals surface area (Å²) in [6.45, 7) is 0. The van der Waals surface area contributed by atoms with Gasteiger partial charge in [-0.1, -0.05) is 103 Å². The van der Waals surface area contributed by atoms with Crippen molar-refractivity contribution < 1.29 is 0 Å². The minimum absolute atomic E-state index is 0.154. The third kappa shape index (κ3) is 16.4. The van der Waals surface area contributed by atoms with Crippen molar-refractivity contribution in [3.63, 3.8) is 0 Å². The smallest absolute Gasteiger partial charge is 0.0615 e. The van der Waals surface area contributed by atoms with Crippen molar-refractivity contribution >= 4 is 174 Å². The summed E-state index contributed by atoms with van der Waals surface area (Å²) in [5.41, 5.74) is 18.7. The molecule has 0 aliphatic rings. The summed E-state index contributed by atoms with van der Waals surface area (Å²) < 4.78 is 6.92. The number of rotatable bonds is 13. The molecule has 12 heteroatoms. The van der Waals surface area contributed by atoms with Crippen LogP contribution in [0.1, 0.15) is 0 Å². The maximum atomic E-state index is 5.16. The van der Waals surface area contributed by atoms with Crippen molar-refractivity contribution in [3.8, 4) is 147 Å². The predicted molar refractivity (Wildman–Crippen MR) is 601 cm³/mol.